The number of aromatic nitrogens is 1. The highest BCUT2D eigenvalue weighted by Gasteiger charge is 2.55. The summed E-state index contributed by atoms with van der Waals surface area (Å²) in [5.41, 5.74) is 1.01. The molecule has 37 heavy (non-hydrogen) atoms. The summed E-state index contributed by atoms with van der Waals surface area (Å²) in [5, 5.41) is 11.7. The second-order valence-corrected chi connectivity index (χ2v) is 10.2. The Bertz CT molecular complexity index is 1220. The minimum Gasteiger partial charge on any atom is -0.479 e. The Labute approximate surface area is 227 Å². The van der Waals surface area contributed by atoms with E-state index in [0.29, 0.717) is 29.3 Å². The molecule has 1 aromatic heterocycles. The first kappa shape index (κ1) is 27.1. The van der Waals surface area contributed by atoms with Gasteiger partial charge in [-0.15, -0.1) is 0 Å². The van der Waals surface area contributed by atoms with Crippen LogP contribution in [0.5, 0.6) is 0 Å². The second kappa shape index (κ2) is 11.6. The van der Waals surface area contributed by atoms with E-state index in [2.05, 4.69) is 4.98 Å². The standard InChI is InChI=1S/C29H30Cl2N2O4/c1-3-15-29(4-2,28(35)36)33-25(20-5-9-22(30)10-6-20)26(21-7-11-23(31)12-8-21)37-24(27(33)34)18-19-13-16-32-17-14-19/h5-14,16-17,24-26H,3-4,15,18H2,1-2H3,(H,35,36)/t24-,25+,26-,29+/m1/s1. The largest absolute Gasteiger partial charge is 0.479 e. The normalized spacial score (nSPS) is 21.5. The summed E-state index contributed by atoms with van der Waals surface area (Å²) in [7, 11) is 0. The number of pyridine rings is 1. The summed E-state index contributed by atoms with van der Waals surface area (Å²) >= 11 is 12.4. The molecule has 0 radical (unpaired) electrons. The fourth-order valence-corrected chi connectivity index (χ4v) is 5.47. The van der Waals surface area contributed by atoms with Crippen molar-refractivity contribution >= 4 is 35.1 Å². The van der Waals surface area contributed by atoms with Crippen LogP contribution in [0.15, 0.2) is 73.1 Å². The predicted octanol–water partition coefficient (Wildman–Crippen LogP) is 6.67. The summed E-state index contributed by atoms with van der Waals surface area (Å²) in [4.78, 5) is 32.9. The molecule has 2 aromatic carbocycles. The number of benzene rings is 2. The molecule has 0 spiro atoms. The number of halogens is 2. The van der Waals surface area contributed by atoms with Crippen LogP contribution >= 0.6 is 23.2 Å². The zero-order valence-electron chi connectivity index (χ0n) is 20.8. The number of amides is 1. The monoisotopic (exact) mass is 540 g/mol. The highest BCUT2D eigenvalue weighted by Crippen LogP contribution is 2.48. The molecule has 0 aliphatic carbocycles. The van der Waals surface area contributed by atoms with E-state index in [1.165, 1.54) is 0 Å². The van der Waals surface area contributed by atoms with Crippen LogP contribution in [0, 0.1) is 0 Å². The third-order valence-electron chi connectivity index (χ3n) is 7.08. The summed E-state index contributed by atoms with van der Waals surface area (Å²) in [6.07, 6.45) is 3.26. The maximum atomic E-state index is 14.3. The second-order valence-electron chi connectivity index (χ2n) is 9.30. The Morgan fingerprint density at radius 1 is 0.973 bits per heavy atom. The molecule has 1 saturated heterocycles. The summed E-state index contributed by atoms with van der Waals surface area (Å²) < 4.78 is 6.57. The molecule has 4 rings (SSSR count). The third-order valence-corrected chi connectivity index (χ3v) is 7.58. The van der Waals surface area contributed by atoms with Gasteiger partial charge in [0, 0.05) is 28.9 Å². The first-order valence-electron chi connectivity index (χ1n) is 12.4. The highest BCUT2D eigenvalue weighted by atomic mass is 35.5. The van der Waals surface area contributed by atoms with Gasteiger partial charge in [-0.25, -0.2) is 4.79 Å². The number of carbonyl (C=O) groups is 2. The number of ether oxygens (including phenoxy) is 1. The first-order chi connectivity index (χ1) is 17.8. The van der Waals surface area contributed by atoms with Gasteiger partial charge in [0.25, 0.3) is 5.91 Å². The molecular formula is C29H30Cl2N2O4. The van der Waals surface area contributed by atoms with Gasteiger partial charge < -0.3 is 14.7 Å². The van der Waals surface area contributed by atoms with Gasteiger partial charge in [-0.2, -0.15) is 0 Å². The number of hydrogen-bond donors (Lipinski definition) is 1. The molecule has 1 N–H and O–H groups in total. The Balaban J connectivity index is 1.93. The van der Waals surface area contributed by atoms with Gasteiger partial charge >= 0.3 is 5.97 Å². The Morgan fingerprint density at radius 3 is 2.05 bits per heavy atom. The van der Waals surface area contributed by atoms with E-state index in [1.54, 1.807) is 41.6 Å². The van der Waals surface area contributed by atoms with Crippen LogP contribution < -0.4 is 0 Å². The van der Waals surface area contributed by atoms with E-state index in [0.717, 1.165) is 16.7 Å². The van der Waals surface area contributed by atoms with Crippen molar-refractivity contribution in [3.63, 3.8) is 0 Å². The lowest BCUT2D eigenvalue weighted by Crippen LogP contribution is -2.64. The first-order valence-corrected chi connectivity index (χ1v) is 13.2. The van der Waals surface area contributed by atoms with Crippen molar-refractivity contribution in [2.45, 2.75) is 63.3 Å². The SMILES string of the molecule is CCC[C@@](CC)(C(=O)O)N1C(=O)[C@@H](Cc2ccncc2)O[C@H](c2ccc(Cl)cc2)[C@@H]1c1ccc(Cl)cc1. The van der Waals surface area contributed by atoms with Crippen molar-refractivity contribution in [1.82, 2.24) is 9.88 Å². The fourth-order valence-electron chi connectivity index (χ4n) is 5.22. The number of carboxylic acid groups (broad SMARTS) is 1. The van der Waals surface area contributed by atoms with E-state index in [1.807, 2.05) is 50.2 Å². The lowest BCUT2D eigenvalue weighted by atomic mass is 9.81. The van der Waals surface area contributed by atoms with Crippen LogP contribution in [0.3, 0.4) is 0 Å². The molecule has 3 aromatic rings. The topological polar surface area (TPSA) is 79.7 Å². The van der Waals surface area contributed by atoms with Crippen molar-refractivity contribution in [2.24, 2.45) is 0 Å². The number of carbonyl (C=O) groups excluding carboxylic acids is 1. The van der Waals surface area contributed by atoms with Crippen LogP contribution in [-0.4, -0.2) is 38.5 Å². The van der Waals surface area contributed by atoms with Crippen molar-refractivity contribution < 1.29 is 19.4 Å². The molecule has 1 aliphatic heterocycles. The zero-order valence-corrected chi connectivity index (χ0v) is 22.3. The van der Waals surface area contributed by atoms with Gasteiger partial charge in [0.2, 0.25) is 0 Å². The maximum absolute atomic E-state index is 14.3. The van der Waals surface area contributed by atoms with Crippen LogP contribution in [0.1, 0.15) is 61.9 Å². The molecule has 194 valence electrons. The molecule has 1 amide bonds. The van der Waals surface area contributed by atoms with Gasteiger partial charge in [-0.1, -0.05) is 67.7 Å². The Hall–Kier alpha value is -2.93. The summed E-state index contributed by atoms with van der Waals surface area (Å²) in [6.45, 7) is 3.75. The molecule has 8 heteroatoms. The van der Waals surface area contributed by atoms with Crippen LogP contribution in [-0.2, 0) is 20.7 Å². The van der Waals surface area contributed by atoms with Gasteiger partial charge in [-0.3, -0.25) is 9.78 Å². The number of rotatable bonds is 9. The van der Waals surface area contributed by atoms with Crippen molar-refractivity contribution in [1.29, 1.82) is 0 Å². The van der Waals surface area contributed by atoms with Gasteiger partial charge in [0.1, 0.15) is 17.7 Å². The molecule has 4 atom stereocenters. The minimum absolute atomic E-state index is 0.251. The van der Waals surface area contributed by atoms with E-state index >= 15 is 0 Å². The molecule has 1 aliphatic rings. The highest BCUT2D eigenvalue weighted by molar-refractivity contribution is 6.30. The quantitative estimate of drug-likeness (QED) is 0.327. The Kier molecular flexibility index (Phi) is 8.53. The van der Waals surface area contributed by atoms with E-state index < -0.39 is 29.8 Å². The van der Waals surface area contributed by atoms with Crippen molar-refractivity contribution in [2.75, 3.05) is 0 Å². The van der Waals surface area contributed by atoms with Crippen LogP contribution in [0.25, 0.3) is 0 Å². The number of hydrogen-bond acceptors (Lipinski definition) is 4. The van der Waals surface area contributed by atoms with Crippen molar-refractivity contribution in [3.8, 4) is 0 Å². The molecule has 6 nitrogen and oxygen atoms in total. The number of morpholine rings is 1. The lowest BCUT2D eigenvalue weighted by molar-refractivity contribution is -0.196. The molecule has 0 saturated carbocycles. The predicted molar refractivity (Wildman–Crippen MR) is 144 cm³/mol. The fraction of sp³-hybridized carbons (Fsp3) is 0.345. The van der Waals surface area contributed by atoms with Crippen LogP contribution in [0.4, 0.5) is 0 Å². The minimum atomic E-state index is -1.42. The van der Waals surface area contributed by atoms with E-state index in [-0.39, 0.29) is 12.3 Å². The number of nitrogens with zero attached hydrogens (tertiary/aromatic N) is 2. The van der Waals surface area contributed by atoms with E-state index in [9.17, 15) is 14.7 Å². The smallest absolute Gasteiger partial charge is 0.329 e. The number of aliphatic carboxylic acids is 1. The molecule has 0 unspecified atom stereocenters. The molecule has 0 bridgehead atoms. The van der Waals surface area contributed by atoms with Gasteiger partial charge in [0.15, 0.2) is 0 Å². The summed E-state index contributed by atoms with van der Waals surface area (Å²) in [6, 6.07) is 17.4. The Morgan fingerprint density at radius 2 is 1.54 bits per heavy atom. The van der Waals surface area contributed by atoms with Crippen LogP contribution in [0.2, 0.25) is 10.0 Å². The third kappa shape index (κ3) is 5.52. The maximum Gasteiger partial charge on any atom is 0.329 e. The van der Waals surface area contributed by atoms with Gasteiger partial charge in [-0.05, 0) is 65.9 Å². The summed E-state index contributed by atoms with van der Waals surface area (Å²) in [5.74, 6) is -1.37. The molecule has 1 fully saturated rings. The van der Waals surface area contributed by atoms with E-state index in [4.69, 9.17) is 27.9 Å². The molecular weight excluding hydrogens is 511 g/mol. The van der Waals surface area contributed by atoms with Crippen molar-refractivity contribution in [3.05, 3.63) is 99.8 Å². The molecule has 2 heterocycles. The zero-order chi connectivity index (χ0) is 26.6. The average molecular weight is 541 g/mol. The number of carboxylic acids is 1. The average Bonchev–Trinajstić information content (AvgIpc) is 2.90. The lowest BCUT2D eigenvalue weighted by Gasteiger charge is -2.52. The van der Waals surface area contributed by atoms with Gasteiger partial charge in [0.05, 0.1) is 6.04 Å².